The van der Waals surface area contributed by atoms with Crippen molar-refractivity contribution in [3.63, 3.8) is 0 Å². The molecular formula is C9H8Br2N2OS. The Morgan fingerprint density at radius 3 is 2.73 bits per heavy atom. The highest BCUT2D eigenvalue weighted by Crippen LogP contribution is 2.37. The van der Waals surface area contributed by atoms with Gasteiger partial charge < -0.3 is 4.42 Å². The van der Waals surface area contributed by atoms with E-state index in [0.717, 1.165) is 18.7 Å². The van der Waals surface area contributed by atoms with Gasteiger partial charge in [0.2, 0.25) is 0 Å². The van der Waals surface area contributed by atoms with Gasteiger partial charge in [-0.25, -0.2) is 5.43 Å². The number of halogens is 2. The first kappa shape index (κ1) is 11.3. The molecular weight excluding hydrogens is 344 g/mol. The third-order valence-electron chi connectivity index (χ3n) is 1.99. The number of nitrogens with one attached hydrogen (secondary N) is 1. The highest BCUT2D eigenvalue weighted by atomic mass is 79.9. The molecule has 0 aliphatic heterocycles. The molecule has 0 spiro atoms. The Kier molecular flexibility index (Phi) is 3.63. The van der Waals surface area contributed by atoms with Crippen LogP contribution >= 0.6 is 43.2 Å². The lowest BCUT2D eigenvalue weighted by molar-refractivity contribution is 0.554. The number of thiophene rings is 1. The molecule has 0 radical (unpaired) electrons. The maximum absolute atomic E-state index is 5.54. The second-order valence-corrected chi connectivity index (χ2v) is 6.18. The second-order valence-electron chi connectivity index (χ2n) is 2.93. The van der Waals surface area contributed by atoms with Crippen molar-refractivity contribution < 1.29 is 4.42 Å². The van der Waals surface area contributed by atoms with E-state index in [9.17, 15) is 0 Å². The summed E-state index contributed by atoms with van der Waals surface area (Å²) in [5, 5.41) is 0. The smallest absolute Gasteiger partial charge is 0.0954 e. The van der Waals surface area contributed by atoms with Crippen LogP contribution in [0.25, 0.3) is 0 Å². The molecule has 0 saturated heterocycles. The van der Waals surface area contributed by atoms with E-state index in [1.165, 1.54) is 0 Å². The summed E-state index contributed by atoms with van der Waals surface area (Å²) in [4.78, 5) is 1.12. The van der Waals surface area contributed by atoms with E-state index >= 15 is 0 Å². The molecule has 0 saturated carbocycles. The average Bonchev–Trinajstić information content (AvgIpc) is 2.80. The molecule has 2 heterocycles. The molecule has 1 atom stereocenters. The fourth-order valence-electron chi connectivity index (χ4n) is 1.29. The minimum absolute atomic E-state index is 0.0312. The molecule has 15 heavy (non-hydrogen) atoms. The molecule has 0 aliphatic carbocycles. The van der Waals surface area contributed by atoms with E-state index in [1.54, 1.807) is 23.9 Å². The van der Waals surface area contributed by atoms with Gasteiger partial charge in [-0.15, -0.1) is 11.3 Å². The zero-order valence-electron chi connectivity index (χ0n) is 7.54. The summed E-state index contributed by atoms with van der Waals surface area (Å²) in [6.07, 6.45) is 3.32. The van der Waals surface area contributed by atoms with E-state index < -0.39 is 0 Å². The average molecular weight is 352 g/mol. The van der Waals surface area contributed by atoms with Gasteiger partial charge >= 0.3 is 0 Å². The molecule has 6 heteroatoms. The lowest BCUT2D eigenvalue weighted by Crippen LogP contribution is -2.27. The van der Waals surface area contributed by atoms with Gasteiger partial charge in [-0.05, 0) is 44.0 Å². The molecule has 2 aromatic heterocycles. The Morgan fingerprint density at radius 2 is 2.27 bits per heavy atom. The summed E-state index contributed by atoms with van der Waals surface area (Å²) in [5.41, 5.74) is 3.78. The van der Waals surface area contributed by atoms with Crippen LogP contribution in [0.1, 0.15) is 16.5 Å². The Labute approximate surface area is 108 Å². The molecule has 0 aliphatic rings. The van der Waals surface area contributed by atoms with Gasteiger partial charge in [0.25, 0.3) is 0 Å². The monoisotopic (exact) mass is 350 g/mol. The molecule has 1 unspecified atom stereocenters. The second kappa shape index (κ2) is 4.80. The van der Waals surface area contributed by atoms with Gasteiger partial charge in [0, 0.05) is 14.9 Å². The van der Waals surface area contributed by atoms with Crippen molar-refractivity contribution in [3.8, 4) is 0 Å². The van der Waals surface area contributed by atoms with Crippen LogP contribution in [0.2, 0.25) is 0 Å². The summed E-state index contributed by atoms with van der Waals surface area (Å²) >= 11 is 8.54. The van der Waals surface area contributed by atoms with Crippen LogP contribution in [0.5, 0.6) is 0 Å². The third kappa shape index (κ3) is 2.34. The zero-order chi connectivity index (χ0) is 10.8. The van der Waals surface area contributed by atoms with Gasteiger partial charge in [-0.1, -0.05) is 0 Å². The number of hydrogen-bond acceptors (Lipinski definition) is 4. The van der Waals surface area contributed by atoms with Crippen LogP contribution in [-0.4, -0.2) is 0 Å². The summed E-state index contributed by atoms with van der Waals surface area (Å²) in [6, 6.07) is 3.90. The Balaban J connectivity index is 2.35. The fraction of sp³-hybridized carbons (Fsp3) is 0.111. The molecule has 0 aromatic carbocycles. The van der Waals surface area contributed by atoms with Crippen molar-refractivity contribution in [1.29, 1.82) is 0 Å². The molecule has 80 valence electrons. The van der Waals surface area contributed by atoms with Crippen molar-refractivity contribution in [2.45, 2.75) is 6.04 Å². The van der Waals surface area contributed by atoms with Crippen LogP contribution in [0.4, 0.5) is 0 Å². The van der Waals surface area contributed by atoms with Crippen molar-refractivity contribution in [3.05, 3.63) is 43.4 Å². The maximum Gasteiger partial charge on any atom is 0.0954 e. The topological polar surface area (TPSA) is 51.2 Å². The predicted octanol–water partition coefficient (Wildman–Crippen LogP) is 3.42. The Hall–Kier alpha value is -0.140. The summed E-state index contributed by atoms with van der Waals surface area (Å²) < 4.78 is 7.13. The molecule has 2 rings (SSSR count). The molecule has 2 aromatic rings. The minimum atomic E-state index is -0.0312. The molecule has 3 N–H and O–H groups in total. The minimum Gasteiger partial charge on any atom is -0.472 e. The molecule has 0 fully saturated rings. The Bertz CT molecular complexity index is 421. The van der Waals surface area contributed by atoms with Crippen LogP contribution in [0.15, 0.2) is 37.3 Å². The van der Waals surface area contributed by atoms with Crippen molar-refractivity contribution >= 4 is 43.2 Å². The van der Waals surface area contributed by atoms with Crippen LogP contribution in [-0.2, 0) is 0 Å². The standard InChI is InChI=1S/C9H8Br2N2OS/c10-6-3-7(15-9(6)11)8(13-12)5-1-2-14-4-5/h1-4,8,13H,12H2. The number of hydrazine groups is 1. The lowest BCUT2D eigenvalue weighted by Gasteiger charge is -2.11. The fourth-order valence-corrected chi connectivity index (χ4v) is 3.47. The van der Waals surface area contributed by atoms with E-state index in [4.69, 9.17) is 10.3 Å². The highest BCUT2D eigenvalue weighted by Gasteiger charge is 2.17. The highest BCUT2D eigenvalue weighted by molar-refractivity contribution is 9.13. The van der Waals surface area contributed by atoms with Crippen molar-refractivity contribution in [1.82, 2.24) is 5.43 Å². The first-order chi connectivity index (χ1) is 7.22. The lowest BCUT2D eigenvalue weighted by atomic mass is 10.1. The first-order valence-electron chi connectivity index (χ1n) is 4.15. The maximum atomic E-state index is 5.54. The van der Waals surface area contributed by atoms with Gasteiger partial charge in [0.1, 0.15) is 0 Å². The Morgan fingerprint density at radius 1 is 1.47 bits per heavy atom. The number of furan rings is 1. The van der Waals surface area contributed by atoms with Crippen LogP contribution in [0.3, 0.4) is 0 Å². The predicted molar refractivity (Wildman–Crippen MR) is 67.6 cm³/mol. The van der Waals surface area contributed by atoms with Crippen molar-refractivity contribution in [2.24, 2.45) is 5.84 Å². The van der Waals surface area contributed by atoms with Gasteiger partial charge in [0.05, 0.1) is 22.4 Å². The van der Waals surface area contributed by atoms with E-state index in [-0.39, 0.29) is 6.04 Å². The van der Waals surface area contributed by atoms with Crippen molar-refractivity contribution in [2.75, 3.05) is 0 Å². The number of nitrogens with two attached hydrogens (primary N) is 1. The SMILES string of the molecule is NNC(c1ccoc1)c1cc(Br)c(Br)s1. The third-order valence-corrected chi connectivity index (χ3v) is 5.31. The summed E-state index contributed by atoms with van der Waals surface area (Å²) in [6.45, 7) is 0. The summed E-state index contributed by atoms with van der Waals surface area (Å²) in [7, 11) is 0. The first-order valence-corrected chi connectivity index (χ1v) is 6.55. The van der Waals surface area contributed by atoms with E-state index in [1.807, 2.05) is 12.1 Å². The summed E-state index contributed by atoms with van der Waals surface area (Å²) in [5.74, 6) is 5.54. The normalized spacial score (nSPS) is 13.0. The number of hydrogen-bond donors (Lipinski definition) is 2. The van der Waals surface area contributed by atoms with Gasteiger partial charge in [0.15, 0.2) is 0 Å². The molecule has 0 amide bonds. The quantitative estimate of drug-likeness (QED) is 0.658. The van der Waals surface area contributed by atoms with Gasteiger partial charge in [-0.2, -0.15) is 0 Å². The van der Waals surface area contributed by atoms with E-state index in [0.29, 0.717) is 0 Å². The zero-order valence-corrected chi connectivity index (χ0v) is 11.5. The van der Waals surface area contributed by atoms with Gasteiger partial charge in [-0.3, -0.25) is 5.84 Å². The van der Waals surface area contributed by atoms with Crippen LogP contribution < -0.4 is 11.3 Å². The van der Waals surface area contributed by atoms with Crippen LogP contribution in [0, 0.1) is 0 Å². The molecule has 0 bridgehead atoms. The largest absolute Gasteiger partial charge is 0.472 e. The number of rotatable bonds is 3. The van der Waals surface area contributed by atoms with E-state index in [2.05, 4.69) is 37.3 Å². The molecule has 3 nitrogen and oxygen atoms in total.